The van der Waals surface area contributed by atoms with Gasteiger partial charge in [-0.1, -0.05) is 41.4 Å². The van der Waals surface area contributed by atoms with Crippen molar-refractivity contribution >= 4 is 39.5 Å². The fourth-order valence-corrected chi connectivity index (χ4v) is 3.40. The van der Waals surface area contributed by atoms with Crippen LogP contribution >= 0.6 is 27.5 Å². The summed E-state index contributed by atoms with van der Waals surface area (Å²) in [6, 6.07) is 13.3. The van der Waals surface area contributed by atoms with Gasteiger partial charge in [0.05, 0.1) is 9.50 Å². The van der Waals surface area contributed by atoms with Crippen LogP contribution in [-0.2, 0) is 11.4 Å². The second kappa shape index (κ2) is 9.59. The Morgan fingerprint density at radius 3 is 2.70 bits per heavy atom. The summed E-state index contributed by atoms with van der Waals surface area (Å²) in [5, 5.41) is 12.3. The summed E-state index contributed by atoms with van der Waals surface area (Å²) in [4.78, 5) is 12.0. The van der Waals surface area contributed by atoms with Crippen molar-refractivity contribution in [3.8, 4) is 11.8 Å². The van der Waals surface area contributed by atoms with Crippen LogP contribution in [0.2, 0.25) is 5.02 Å². The van der Waals surface area contributed by atoms with Crippen LogP contribution in [0.4, 0.5) is 0 Å². The number of halogens is 2. The molecule has 0 radical (unpaired) electrons. The number of amides is 1. The lowest BCUT2D eigenvalue weighted by molar-refractivity contribution is -0.117. The average Bonchev–Trinajstić information content (AvgIpc) is 2.58. The lowest BCUT2D eigenvalue weighted by Crippen LogP contribution is -2.30. The number of hydrogen-bond donors (Lipinski definition) is 1. The molecule has 2 rings (SSSR count). The fourth-order valence-electron chi connectivity index (χ4n) is 2.41. The number of carbonyl (C=O) groups excluding carboxylic acids is 1. The van der Waals surface area contributed by atoms with Gasteiger partial charge in [-0.25, -0.2) is 0 Å². The molecule has 0 saturated carbocycles. The van der Waals surface area contributed by atoms with E-state index in [1.54, 1.807) is 12.1 Å². The predicted octanol–water partition coefficient (Wildman–Crippen LogP) is 5.42. The van der Waals surface area contributed by atoms with E-state index in [1.807, 2.05) is 51.1 Å². The molecule has 2 aromatic carbocycles. The van der Waals surface area contributed by atoms with E-state index in [-0.39, 0.29) is 11.6 Å². The molecule has 140 valence electrons. The van der Waals surface area contributed by atoms with Crippen LogP contribution in [0.15, 0.2) is 46.4 Å². The zero-order valence-corrected chi connectivity index (χ0v) is 17.7. The minimum absolute atomic E-state index is 0.0140. The first-order chi connectivity index (χ1) is 12.8. The van der Waals surface area contributed by atoms with Crippen LogP contribution in [0.25, 0.3) is 6.08 Å². The molecule has 0 atom stereocenters. The van der Waals surface area contributed by atoms with Crippen LogP contribution in [0.3, 0.4) is 0 Å². The van der Waals surface area contributed by atoms with Crippen molar-refractivity contribution in [2.75, 3.05) is 0 Å². The first-order valence-electron chi connectivity index (χ1n) is 8.40. The third-order valence-electron chi connectivity index (χ3n) is 3.58. The van der Waals surface area contributed by atoms with E-state index in [1.165, 1.54) is 6.08 Å². The Hall–Kier alpha value is -2.29. The van der Waals surface area contributed by atoms with Gasteiger partial charge < -0.3 is 10.1 Å². The Morgan fingerprint density at radius 1 is 1.37 bits per heavy atom. The smallest absolute Gasteiger partial charge is 0.262 e. The van der Waals surface area contributed by atoms with Crippen LogP contribution in [0.1, 0.15) is 30.5 Å². The Balaban J connectivity index is 2.21. The summed E-state index contributed by atoms with van der Waals surface area (Å²) in [6.07, 6.45) is 1.50. The number of nitriles is 1. The van der Waals surface area contributed by atoms with Gasteiger partial charge in [0.15, 0.2) is 5.75 Å². The molecule has 0 saturated heterocycles. The van der Waals surface area contributed by atoms with Gasteiger partial charge in [0.25, 0.3) is 5.91 Å². The summed E-state index contributed by atoms with van der Waals surface area (Å²) in [7, 11) is 0. The first-order valence-corrected chi connectivity index (χ1v) is 9.57. The Morgan fingerprint density at radius 2 is 2.11 bits per heavy atom. The molecule has 0 aromatic heterocycles. The van der Waals surface area contributed by atoms with Crippen LogP contribution in [0, 0.1) is 18.3 Å². The summed E-state index contributed by atoms with van der Waals surface area (Å²) in [6.45, 7) is 6.08. The molecule has 0 heterocycles. The lowest BCUT2D eigenvalue weighted by atomic mass is 10.1. The van der Waals surface area contributed by atoms with Crippen molar-refractivity contribution in [2.24, 2.45) is 0 Å². The second-order valence-electron chi connectivity index (χ2n) is 6.39. The normalized spacial score (nSPS) is 11.2. The van der Waals surface area contributed by atoms with Crippen molar-refractivity contribution in [3.63, 3.8) is 0 Å². The van der Waals surface area contributed by atoms with Crippen LogP contribution in [0.5, 0.6) is 5.75 Å². The highest BCUT2D eigenvalue weighted by Gasteiger charge is 2.13. The topological polar surface area (TPSA) is 62.1 Å². The Labute approximate surface area is 172 Å². The number of hydrogen-bond acceptors (Lipinski definition) is 3. The predicted molar refractivity (Wildman–Crippen MR) is 112 cm³/mol. The number of nitrogens with zero attached hydrogens (tertiary/aromatic N) is 1. The SMILES string of the molecule is Cc1cccc(COc2c(Cl)cc(/C=C(/C#N)C(=O)NC(C)C)cc2Br)c1. The van der Waals surface area contributed by atoms with Gasteiger partial charge in [0, 0.05) is 6.04 Å². The highest BCUT2D eigenvalue weighted by molar-refractivity contribution is 9.10. The molecule has 0 bridgehead atoms. The lowest BCUT2D eigenvalue weighted by Gasteiger charge is -2.12. The van der Waals surface area contributed by atoms with Gasteiger partial charge in [0.1, 0.15) is 18.2 Å². The average molecular weight is 448 g/mol. The molecule has 1 amide bonds. The number of rotatable bonds is 6. The molecule has 0 fully saturated rings. The maximum Gasteiger partial charge on any atom is 0.262 e. The highest BCUT2D eigenvalue weighted by Crippen LogP contribution is 2.35. The standard InChI is InChI=1S/C21H20BrClN2O2/c1-13(2)25-21(26)17(11-24)8-16-9-18(22)20(19(23)10-16)27-12-15-6-4-5-14(3)7-15/h4-10,13H,12H2,1-3H3,(H,25,26)/b17-8-. The van der Waals surface area contributed by atoms with Crippen molar-refractivity contribution < 1.29 is 9.53 Å². The quantitative estimate of drug-likeness (QED) is 0.475. The summed E-state index contributed by atoms with van der Waals surface area (Å²) in [5.74, 6) is 0.0972. The molecule has 6 heteroatoms. The summed E-state index contributed by atoms with van der Waals surface area (Å²) in [5.41, 5.74) is 2.84. The Kier molecular flexibility index (Phi) is 7.46. The van der Waals surface area contributed by atoms with Gasteiger partial charge in [-0.05, 0) is 66.0 Å². The fraction of sp³-hybridized carbons (Fsp3) is 0.238. The molecule has 0 aliphatic heterocycles. The Bertz CT molecular complexity index is 894. The molecule has 0 aliphatic rings. The molecule has 2 aromatic rings. The van der Waals surface area contributed by atoms with E-state index in [2.05, 4.69) is 21.2 Å². The van der Waals surface area contributed by atoms with E-state index in [4.69, 9.17) is 16.3 Å². The number of aryl methyl sites for hydroxylation is 1. The van der Waals surface area contributed by atoms with Gasteiger partial charge in [0.2, 0.25) is 0 Å². The van der Waals surface area contributed by atoms with Gasteiger partial charge in [-0.3, -0.25) is 4.79 Å². The maximum atomic E-state index is 12.0. The minimum atomic E-state index is -0.417. The number of benzene rings is 2. The molecule has 1 N–H and O–H groups in total. The van der Waals surface area contributed by atoms with Crippen molar-refractivity contribution in [1.29, 1.82) is 5.26 Å². The van der Waals surface area contributed by atoms with E-state index < -0.39 is 5.91 Å². The van der Waals surface area contributed by atoms with E-state index in [0.717, 1.165) is 11.1 Å². The van der Waals surface area contributed by atoms with E-state index >= 15 is 0 Å². The number of ether oxygens (including phenoxy) is 1. The monoisotopic (exact) mass is 446 g/mol. The minimum Gasteiger partial charge on any atom is -0.486 e. The van der Waals surface area contributed by atoms with Crippen LogP contribution < -0.4 is 10.1 Å². The number of nitrogens with one attached hydrogen (secondary N) is 1. The molecular formula is C21H20BrClN2O2. The second-order valence-corrected chi connectivity index (χ2v) is 7.65. The zero-order chi connectivity index (χ0) is 20.0. The maximum absolute atomic E-state index is 12.0. The van der Waals surface area contributed by atoms with Gasteiger partial charge >= 0.3 is 0 Å². The van der Waals surface area contributed by atoms with Gasteiger partial charge in [-0.15, -0.1) is 0 Å². The van der Waals surface area contributed by atoms with E-state index in [9.17, 15) is 10.1 Å². The van der Waals surface area contributed by atoms with Crippen molar-refractivity contribution in [2.45, 2.75) is 33.4 Å². The third-order valence-corrected chi connectivity index (χ3v) is 4.45. The molecule has 0 spiro atoms. The highest BCUT2D eigenvalue weighted by atomic mass is 79.9. The molecule has 0 aliphatic carbocycles. The van der Waals surface area contributed by atoms with Crippen molar-refractivity contribution in [3.05, 3.63) is 68.2 Å². The molecular weight excluding hydrogens is 428 g/mol. The zero-order valence-electron chi connectivity index (χ0n) is 15.3. The van der Waals surface area contributed by atoms with Gasteiger partial charge in [-0.2, -0.15) is 5.26 Å². The van der Waals surface area contributed by atoms with Crippen molar-refractivity contribution in [1.82, 2.24) is 5.32 Å². The summed E-state index contributed by atoms with van der Waals surface area (Å²) >= 11 is 9.81. The molecule has 0 unspecified atom stereocenters. The number of carbonyl (C=O) groups is 1. The molecule has 27 heavy (non-hydrogen) atoms. The van der Waals surface area contributed by atoms with Crippen LogP contribution in [-0.4, -0.2) is 11.9 Å². The first kappa shape index (κ1) is 21.0. The third kappa shape index (κ3) is 6.13. The summed E-state index contributed by atoms with van der Waals surface area (Å²) < 4.78 is 6.50. The van der Waals surface area contributed by atoms with E-state index in [0.29, 0.717) is 27.4 Å². The largest absolute Gasteiger partial charge is 0.486 e. The molecule has 4 nitrogen and oxygen atoms in total.